The van der Waals surface area contributed by atoms with Crippen LogP contribution in [-0.4, -0.2) is 30.1 Å². The molecule has 0 aliphatic heterocycles. The van der Waals surface area contributed by atoms with Gasteiger partial charge in [-0.15, -0.1) is 0 Å². The Morgan fingerprint density at radius 2 is 2.00 bits per heavy atom. The van der Waals surface area contributed by atoms with Crippen LogP contribution in [0.2, 0.25) is 0 Å². The summed E-state index contributed by atoms with van der Waals surface area (Å²) in [7, 11) is 0. The van der Waals surface area contributed by atoms with Crippen molar-refractivity contribution in [1.82, 2.24) is 5.32 Å². The fourth-order valence-corrected chi connectivity index (χ4v) is 1.54. The van der Waals surface area contributed by atoms with Crippen LogP contribution in [0.1, 0.15) is 24.8 Å². The Morgan fingerprint density at radius 1 is 1.26 bits per heavy atom. The number of nitrogens with one attached hydrogen (secondary N) is 1. The van der Waals surface area contributed by atoms with Gasteiger partial charge in [0.1, 0.15) is 5.75 Å². The number of aliphatic carboxylic acids is 1. The Hall–Kier alpha value is -2.04. The number of carbonyl (C=O) groups excluding carboxylic acids is 1. The van der Waals surface area contributed by atoms with Crippen LogP contribution < -0.4 is 10.1 Å². The van der Waals surface area contributed by atoms with Crippen molar-refractivity contribution in [2.75, 3.05) is 13.2 Å². The van der Waals surface area contributed by atoms with Crippen LogP contribution >= 0.6 is 0 Å². The van der Waals surface area contributed by atoms with E-state index in [9.17, 15) is 9.59 Å². The monoisotopic (exact) mass is 265 g/mol. The summed E-state index contributed by atoms with van der Waals surface area (Å²) in [5, 5.41) is 11.1. The first-order chi connectivity index (χ1) is 9.09. The molecule has 0 saturated carbocycles. The number of para-hydroxylation sites is 1. The molecule has 1 aromatic rings. The van der Waals surface area contributed by atoms with Gasteiger partial charge in [-0.2, -0.15) is 0 Å². The van der Waals surface area contributed by atoms with E-state index < -0.39 is 5.97 Å². The summed E-state index contributed by atoms with van der Waals surface area (Å²) in [5.74, 6) is -0.309. The SMILES string of the molecule is Cc1ccccc1OCC(=O)NCCCCC(=O)O. The lowest BCUT2D eigenvalue weighted by molar-refractivity contribution is -0.137. The molecule has 0 radical (unpaired) electrons. The van der Waals surface area contributed by atoms with Gasteiger partial charge in [0.05, 0.1) is 0 Å². The Kier molecular flexibility index (Phi) is 6.43. The lowest BCUT2D eigenvalue weighted by Crippen LogP contribution is -2.29. The van der Waals surface area contributed by atoms with Crippen molar-refractivity contribution in [2.24, 2.45) is 0 Å². The molecule has 2 N–H and O–H groups in total. The number of carboxylic acids is 1. The van der Waals surface area contributed by atoms with E-state index >= 15 is 0 Å². The molecule has 0 aliphatic rings. The number of aryl methyl sites for hydroxylation is 1. The quantitative estimate of drug-likeness (QED) is 0.702. The zero-order chi connectivity index (χ0) is 14.1. The van der Waals surface area contributed by atoms with Gasteiger partial charge < -0.3 is 15.2 Å². The molecule has 0 fully saturated rings. The molecule has 0 atom stereocenters. The molecule has 1 aromatic carbocycles. The van der Waals surface area contributed by atoms with E-state index in [-0.39, 0.29) is 18.9 Å². The lowest BCUT2D eigenvalue weighted by atomic mass is 10.2. The second-order valence-electron chi connectivity index (χ2n) is 4.25. The predicted octanol–water partition coefficient (Wildman–Crippen LogP) is 1.74. The number of rotatable bonds is 8. The zero-order valence-corrected chi connectivity index (χ0v) is 11.0. The van der Waals surface area contributed by atoms with E-state index in [1.165, 1.54) is 0 Å². The van der Waals surface area contributed by atoms with Crippen LogP contribution in [0, 0.1) is 6.92 Å². The number of hydrogen-bond acceptors (Lipinski definition) is 3. The molecule has 1 amide bonds. The molecule has 0 aliphatic carbocycles. The largest absolute Gasteiger partial charge is 0.484 e. The van der Waals surface area contributed by atoms with Gasteiger partial charge in [0.25, 0.3) is 5.91 Å². The van der Waals surface area contributed by atoms with Crippen LogP contribution in [0.25, 0.3) is 0 Å². The molecule has 1 rings (SSSR count). The van der Waals surface area contributed by atoms with Gasteiger partial charge in [0.2, 0.25) is 0 Å². The molecular weight excluding hydrogens is 246 g/mol. The van der Waals surface area contributed by atoms with Gasteiger partial charge in [-0.1, -0.05) is 18.2 Å². The van der Waals surface area contributed by atoms with E-state index in [1.54, 1.807) is 0 Å². The first-order valence-electron chi connectivity index (χ1n) is 6.26. The summed E-state index contributed by atoms with van der Waals surface area (Å²) in [6.07, 6.45) is 1.35. The number of amides is 1. The van der Waals surface area contributed by atoms with Gasteiger partial charge in [-0.05, 0) is 31.4 Å². The maximum atomic E-state index is 11.5. The minimum Gasteiger partial charge on any atom is -0.484 e. The Labute approximate surface area is 112 Å². The van der Waals surface area contributed by atoms with E-state index in [1.807, 2.05) is 31.2 Å². The van der Waals surface area contributed by atoms with Crippen molar-refractivity contribution in [2.45, 2.75) is 26.2 Å². The first-order valence-corrected chi connectivity index (χ1v) is 6.26. The van der Waals surface area contributed by atoms with Crippen molar-refractivity contribution in [3.8, 4) is 5.75 Å². The normalized spacial score (nSPS) is 9.95. The minimum atomic E-state index is -0.811. The Bertz CT molecular complexity index is 431. The Balaban J connectivity index is 2.15. The fourth-order valence-electron chi connectivity index (χ4n) is 1.54. The molecular formula is C14H19NO4. The second kappa shape index (κ2) is 8.13. The third-order valence-corrected chi connectivity index (χ3v) is 2.59. The summed E-state index contributed by atoms with van der Waals surface area (Å²) in [4.78, 5) is 21.8. The van der Waals surface area contributed by atoms with Crippen LogP contribution in [0.3, 0.4) is 0 Å². The van der Waals surface area contributed by atoms with Crippen molar-refractivity contribution >= 4 is 11.9 Å². The van der Waals surface area contributed by atoms with Crippen LogP contribution in [0.4, 0.5) is 0 Å². The summed E-state index contributed by atoms with van der Waals surface area (Å²) in [6, 6.07) is 7.49. The highest BCUT2D eigenvalue weighted by Gasteiger charge is 2.04. The van der Waals surface area contributed by atoms with Gasteiger partial charge >= 0.3 is 5.97 Å². The first kappa shape index (κ1) is 15.0. The fraction of sp³-hybridized carbons (Fsp3) is 0.429. The summed E-state index contributed by atoms with van der Waals surface area (Å²) < 4.78 is 5.39. The standard InChI is InChI=1S/C14H19NO4/c1-11-6-2-3-7-12(11)19-10-13(16)15-9-5-4-8-14(17)18/h2-3,6-7H,4-5,8-10H2,1H3,(H,15,16)(H,17,18). The number of unbranched alkanes of at least 4 members (excludes halogenated alkanes) is 1. The summed E-state index contributed by atoms with van der Waals surface area (Å²) in [6.45, 7) is 2.37. The topological polar surface area (TPSA) is 75.6 Å². The van der Waals surface area contributed by atoms with Crippen LogP contribution in [-0.2, 0) is 9.59 Å². The summed E-state index contributed by atoms with van der Waals surface area (Å²) >= 11 is 0. The van der Waals surface area contributed by atoms with Gasteiger partial charge in [0, 0.05) is 13.0 Å². The smallest absolute Gasteiger partial charge is 0.303 e. The van der Waals surface area contributed by atoms with Gasteiger partial charge in [0.15, 0.2) is 6.61 Å². The molecule has 0 heterocycles. The number of benzene rings is 1. The third-order valence-electron chi connectivity index (χ3n) is 2.59. The maximum Gasteiger partial charge on any atom is 0.303 e. The van der Waals surface area contributed by atoms with Crippen molar-refractivity contribution < 1.29 is 19.4 Å². The number of ether oxygens (including phenoxy) is 1. The van der Waals surface area contributed by atoms with Gasteiger partial charge in [-0.3, -0.25) is 9.59 Å². The number of hydrogen-bond donors (Lipinski definition) is 2. The maximum absolute atomic E-state index is 11.5. The average Bonchev–Trinajstić information content (AvgIpc) is 2.37. The molecule has 0 bridgehead atoms. The average molecular weight is 265 g/mol. The molecule has 0 spiro atoms. The minimum absolute atomic E-state index is 0.0240. The van der Waals surface area contributed by atoms with Crippen molar-refractivity contribution in [3.05, 3.63) is 29.8 Å². The van der Waals surface area contributed by atoms with E-state index in [0.717, 1.165) is 5.56 Å². The molecule has 5 heteroatoms. The molecule has 0 unspecified atom stereocenters. The summed E-state index contributed by atoms with van der Waals surface area (Å²) in [5.41, 5.74) is 0.983. The highest BCUT2D eigenvalue weighted by atomic mass is 16.5. The highest BCUT2D eigenvalue weighted by molar-refractivity contribution is 5.77. The molecule has 5 nitrogen and oxygen atoms in total. The molecule has 0 saturated heterocycles. The van der Waals surface area contributed by atoms with Crippen molar-refractivity contribution in [3.63, 3.8) is 0 Å². The lowest BCUT2D eigenvalue weighted by Gasteiger charge is -2.09. The number of carboxylic acid groups (broad SMARTS) is 1. The molecule has 19 heavy (non-hydrogen) atoms. The number of carbonyl (C=O) groups is 2. The molecule has 104 valence electrons. The van der Waals surface area contributed by atoms with Gasteiger partial charge in [-0.25, -0.2) is 0 Å². The van der Waals surface area contributed by atoms with Crippen molar-refractivity contribution in [1.29, 1.82) is 0 Å². The van der Waals surface area contributed by atoms with Crippen LogP contribution in [0.5, 0.6) is 5.75 Å². The zero-order valence-electron chi connectivity index (χ0n) is 11.0. The van der Waals surface area contributed by atoms with E-state index in [0.29, 0.717) is 25.1 Å². The molecule has 0 aromatic heterocycles. The predicted molar refractivity (Wildman–Crippen MR) is 71.2 cm³/mol. The third kappa shape index (κ3) is 6.45. The highest BCUT2D eigenvalue weighted by Crippen LogP contribution is 2.15. The van der Waals surface area contributed by atoms with Crippen LogP contribution in [0.15, 0.2) is 24.3 Å². The second-order valence-corrected chi connectivity index (χ2v) is 4.25. The van der Waals surface area contributed by atoms with E-state index in [4.69, 9.17) is 9.84 Å². The Morgan fingerprint density at radius 3 is 2.68 bits per heavy atom. The van der Waals surface area contributed by atoms with E-state index in [2.05, 4.69) is 5.32 Å².